The van der Waals surface area contributed by atoms with Crippen LogP contribution in [0.25, 0.3) is 5.69 Å². The molecule has 0 unspecified atom stereocenters. The fourth-order valence-electron chi connectivity index (χ4n) is 5.03. The molecule has 0 spiro atoms. The molecular formula is C28H23FN4O2. The Balaban J connectivity index is 1.22. The van der Waals surface area contributed by atoms with E-state index in [2.05, 4.69) is 10.4 Å². The van der Waals surface area contributed by atoms with Gasteiger partial charge in [-0.2, -0.15) is 5.10 Å². The summed E-state index contributed by atoms with van der Waals surface area (Å²) in [6, 6.07) is 21.3. The van der Waals surface area contributed by atoms with Crippen LogP contribution in [0, 0.1) is 5.82 Å². The molecule has 1 N–H and O–H groups in total. The molecule has 2 aliphatic rings. The van der Waals surface area contributed by atoms with Crippen LogP contribution in [0.2, 0.25) is 0 Å². The van der Waals surface area contributed by atoms with Gasteiger partial charge in [0.05, 0.1) is 0 Å². The smallest absolute Gasteiger partial charge is 0.276 e. The second-order valence-corrected chi connectivity index (χ2v) is 8.86. The maximum absolute atomic E-state index is 14.4. The van der Waals surface area contributed by atoms with Crippen molar-refractivity contribution in [1.29, 1.82) is 0 Å². The zero-order chi connectivity index (χ0) is 23.9. The lowest BCUT2D eigenvalue weighted by molar-refractivity contribution is 0.0988. The number of rotatable bonds is 4. The fourth-order valence-corrected chi connectivity index (χ4v) is 5.03. The van der Waals surface area contributed by atoms with Crippen LogP contribution >= 0.6 is 0 Å². The second kappa shape index (κ2) is 8.51. The molecule has 0 fully saturated rings. The number of hydrogen-bond donors (Lipinski definition) is 1. The van der Waals surface area contributed by atoms with E-state index in [0.717, 1.165) is 42.6 Å². The Bertz CT molecular complexity index is 1460. The molecule has 4 aromatic rings. The van der Waals surface area contributed by atoms with Crippen molar-refractivity contribution in [3.05, 3.63) is 107 Å². The highest BCUT2D eigenvalue weighted by Crippen LogP contribution is 2.30. The van der Waals surface area contributed by atoms with E-state index in [4.69, 9.17) is 0 Å². The van der Waals surface area contributed by atoms with Gasteiger partial charge in [-0.3, -0.25) is 9.59 Å². The lowest BCUT2D eigenvalue weighted by Crippen LogP contribution is -2.28. The Morgan fingerprint density at radius 3 is 2.40 bits per heavy atom. The van der Waals surface area contributed by atoms with Gasteiger partial charge >= 0.3 is 0 Å². The third kappa shape index (κ3) is 3.69. The SMILES string of the molecule is O=C(Nc1ccc(C(=O)N2CCc3ccccc32)cc1)c1nn(-c2ccccc2F)c2c1CCC2. The number of nitrogens with one attached hydrogen (secondary N) is 1. The lowest BCUT2D eigenvalue weighted by Gasteiger charge is -2.17. The Morgan fingerprint density at radius 1 is 0.857 bits per heavy atom. The van der Waals surface area contributed by atoms with Gasteiger partial charge in [-0.15, -0.1) is 0 Å². The van der Waals surface area contributed by atoms with Gasteiger partial charge in [-0.05, 0) is 73.7 Å². The van der Waals surface area contributed by atoms with E-state index in [1.807, 2.05) is 24.3 Å². The molecule has 6 rings (SSSR count). The average Bonchev–Trinajstić information content (AvgIpc) is 3.60. The summed E-state index contributed by atoms with van der Waals surface area (Å²) in [4.78, 5) is 28.0. The molecular weight excluding hydrogens is 443 g/mol. The van der Waals surface area contributed by atoms with E-state index in [0.29, 0.717) is 29.2 Å². The number of carbonyl (C=O) groups is 2. The Morgan fingerprint density at radius 2 is 1.60 bits per heavy atom. The molecule has 7 heteroatoms. The summed E-state index contributed by atoms with van der Waals surface area (Å²) in [5.74, 6) is -0.780. The van der Waals surface area contributed by atoms with E-state index in [1.165, 1.54) is 11.6 Å². The van der Waals surface area contributed by atoms with Crippen molar-refractivity contribution in [2.24, 2.45) is 0 Å². The standard InChI is InChI=1S/C28H23FN4O2/c29-22-8-2-4-10-25(22)33-24-11-5-7-21(24)26(31-33)27(34)30-20-14-12-19(13-15-20)28(35)32-17-16-18-6-1-3-9-23(18)32/h1-4,6,8-10,12-15H,5,7,11,16-17H2,(H,30,34). The molecule has 0 bridgehead atoms. The van der Waals surface area contributed by atoms with E-state index in [-0.39, 0.29) is 17.6 Å². The van der Waals surface area contributed by atoms with E-state index < -0.39 is 0 Å². The number of amides is 2. The molecule has 6 nitrogen and oxygen atoms in total. The highest BCUT2D eigenvalue weighted by molar-refractivity contribution is 6.08. The van der Waals surface area contributed by atoms with Crippen LogP contribution in [0.4, 0.5) is 15.8 Å². The number of hydrogen-bond acceptors (Lipinski definition) is 3. The van der Waals surface area contributed by atoms with Gasteiger partial charge in [-0.1, -0.05) is 30.3 Å². The third-order valence-corrected chi connectivity index (χ3v) is 6.75. The van der Waals surface area contributed by atoms with Crippen molar-refractivity contribution in [2.75, 3.05) is 16.8 Å². The molecule has 174 valence electrons. The molecule has 1 aromatic heterocycles. The van der Waals surface area contributed by atoms with E-state index in [9.17, 15) is 14.0 Å². The van der Waals surface area contributed by atoms with Crippen LogP contribution < -0.4 is 10.2 Å². The predicted molar refractivity (Wildman–Crippen MR) is 132 cm³/mol. The second-order valence-electron chi connectivity index (χ2n) is 8.86. The molecule has 2 amide bonds. The summed E-state index contributed by atoms with van der Waals surface area (Å²) in [5, 5.41) is 7.37. The van der Waals surface area contributed by atoms with Gasteiger partial charge in [0.25, 0.3) is 11.8 Å². The van der Waals surface area contributed by atoms with Crippen molar-refractivity contribution in [3.63, 3.8) is 0 Å². The molecule has 0 saturated carbocycles. The van der Waals surface area contributed by atoms with Crippen molar-refractivity contribution < 1.29 is 14.0 Å². The summed E-state index contributed by atoms with van der Waals surface area (Å²) in [6.07, 6.45) is 3.23. The minimum atomic E-state index is -0.377. The highest BCUT2D eigenvalue weighted by Gasteiger charge is 2.28. The molecule has 3 aromatic carbocycles. The largest absolute Gasteiger partial charge is 0.321 e. The van der Waals surface area contributed by atoms with Gasteiger partial charge in [-0.25, -0.2) is 9.07 Å². The summed E-state index contributed by atoms with van der Waals surface area (Å²) >= 11 is 0. The van der Waals surface area contributed by atoms with Crippen LogP contribution in [0.1, 0.15) is 44.1 Å². The fraction of sp³-hybridized carbons (Fsp3) is 0.179. The first-order valence-corrected chi connectivity index (χ1v) is 11.8. The lowest BCUT2D eigenvalue weighted by atomic mass is 10.1. The van der Waals surface area contributed by atoms with Crippen LogP contribution in [0.15, 0.2) is 72.8 Å². The Hall–Kier alpha value is -4.26. The first kappa shape index (κ1) is 21.3. The molecule has 1 aliphatic carbocycles. The normalized spacial score (nSPS) is 14.0. The minimum absolute atomic E-state index is 0.0609. The number of fused-ring (bicyclic) bond motifs is 2. The number of anilines is 2. The number of benzene rings is 3. The number of carbonyl (C=O) groups excluding carboxylic acids is 2. The van der Waals surface area contributed by atoms with Crippen molar-refractivity contribution in [2.45, 2.75) is 25.7 Å². The summed E-state index contributed by atoms with van der Waals surface area (Å²) < 4.78 is 16.0. The van der Waals surface area contributed by atoms with E-state index >= 15 is 0 Å². The third-order valence-electron chi connectivity index (χ3n) is 6.75. The first-order chi connectivity index (χ1) is 17.1. The molecule has 2 heterocycles. The van der Waals surface area contributed by atoms with Crippen LogP contribution in [-0.2, 0) is 19.3 Å². The molecule has 0 saturated heterocycles. The minimum Gasteiger partial charge on any atom is -0.321 e. The average molecular weight is 467 g/mol. The number of aromatic nitrogens is 2. The van der Waals surface area contributed by atoms with Crippen molar-refractivity contribution in [3.8, 4) is 5.69 Å². The molecule has 0 atom stereocenters. The first-order valence-electron chi connectivity index (χ1n) is 11.8. The number of nitrogens with zero attached hydrogens (tertiary/aromatic N) is 3. The van der Waals surface area contributed by atoms with Crippen LogP contribution in [-0.4, -0.2) is 28.1 Å². The van der Waals surface area contributed by atoms with Gasteiger partial charge in [0.15, 0.2) is 5.69 Å². The number of para-hydroxylation sites is 2. The maximum atomic E-state index is 14.4. The van der Waals surface area contributed by atoms with Gasteiger partial charge in [0, 0.05) is 34.7 Å². The Kier molecular flexibility index (Phi) is 5.17. The topological polar surface area (TPSA) is 67.2 Å². The quantitative estimate of drug-likeness (QED) is 0.463. The maximum Gasteiger partial charge on any atom is 0.276 e. The highest BCUT2D eigenvalue weighted by atomic mass is 19.1. The van der Waals surface area contributed by atoms with Gasteiger partial charge in [0.1, 0.15) is 11.5 Å². The monoisotopic (exact) mass is 466 g/mol. The molecule has 0 radical (unpaired) electrons. The van der Waals surface area contributed by atoms with Crippen molar-refractivity contribution >= 4 is 23.2 Å². The summed E-state index contributed by atoms with van der Waals surface area (Å²) in [5.41, 5.74) is 5.66. The van der Waals surface area contributed by atoms with Gasteiger partial charge < -0.3 is 10.2 Å². The zero-order valence-electron chi connectivity index (χ0n) is 19.0. The van der Waals surface area contributed by atoms with Gasteiger partial charge in [0.2, 0.25) is 0 Å². The number of halogens is 1. The predicted octanol–water partition coefficient (Wildman–Crippen LogP) is 4.96. The molecule has 35 heavy (non-hydrogen) atoms. The van der Waals surface area contributed by atoms with Crippen LogP contribution in [0.3, 0.4) is 0 Å². The zero-order valence-corrected chi connectivity index (χ0v) is 19.0. The Labute approximate surface area is 202 Å². The van der Waals surface area contributed by atoms with Crippen molar-refractivity contribution in [1.82, 2.24) is 9.78 Å². The summed E-state index contributed by atoms with van der Waals surface area (Å²) in [6.45, 7) is 0.659. The molecule has 1 aliphatic heterocycles. The summed E-state index contributed by atoms with van der Waals surface area (Å²) in [7, 11) is 0. The van der Waals surface area contributed by atoms with Crippen LogP contribution in [0.5, 0.6) is 0 Å². The van der Waals surface area contributed by atoms with E-state index in [1.54, 1.807) is 52.0 Å².